The first-order valence-corrected chi connectivity index (χ1v) is 9.17. The van der Waals surface area contributed by atoms with Crippen LogP contribution in [0.15, 0.2) is 42.5 Å². The van der Waals surface area contributed by atoms with Crippen LogP contribution in [0.3, 0.4) is 0 Å². The molecule has 0 amide bonds. The standard InChI is InChI=1S/C20H21ClN4O3/c1-4-28-20(26)18-16(12-22-14-8-10-15(27-3)11-9-14)19(21)25(24-18)17-7-5-6-13(2)23-17/h5-11,22H,4,12H2,1-3H3. The second-order valence-electron chi connectivity index (χ2n) is 5.97. The molecule has 2 heterocycles. The highest BCUT2D eigenvalue weighted by molar-refractivity contribution is 6.31. The smallest absolute Gasteiger partial charge is 0.359 e. The number of carbonyl (C=O) groups excluding carboxylic acids is 1. The van der Waals surface area contributed by atoms with E-state index in [1.165, 1.54) is 4.68 Å². The van der Waals surface area contributed by atoms with Crippen LogP contribution in [0.25, 0.3) is 5.82 Å². The van der Waals surface area contributed by atoms with Gasteiger partial charge in [-0.1, -0.05) is 17.7 Å². The van der Waals surface area contributed by atoms with E-state index in [1.54, 1.807) is 20.1 Å². The number of hydrogen-bond acceptors (Lipinski definition) is 6. The van der Waals surface area contributed by atoms with E-state index in [0.717, 1.165) is 17.1 Å². The molecule has 2 aromatic heterocycles. The van der Waals surface area contributed by atoms with Crippen LogP contribution in [-0.4, -0.2) is 34.5 Å². The molecule has 0 aliphatic carbocycles. The lowest BCUT2D eigenvalue weighted by molar-refractivity contribution is 0.0517. The Hall–Kier alpha value is -3.06. The summed E-state index contributed by atoms with van der Waals surface area (Å²) in [6.07, 6.45) is 0. The molecule has 0 atom stereocenters. The normalized spacial score (nSPS) is 10.6. The fourth-order valence-corrected chi connectivity index (χ4v) is 2.93. The molecule has 0 aliphatic heterocycles. The molecule has 0 aliphatic rings. The molecule has 0 fully saturated rings. The van der Waals surface area contributed by atoms with Crippen molar-refractivity contribution >= 4 is 23.3 Å². The summed E-state index contributed by atoms with van der Waals surface area (Å²) in [6.45, 7) is 4.16. The molecule has 1 N–H and O–H groups in total. The van der Waals surface area contributed by atoms with Gasteiger partial charge in [0.05, 0.1) is 13.7 Å². The number of ether oxygens (including phenoxy) is 2. The maximum atomic E-state index is 12.4. The largest absolute Gasteiger partial charge is 0.497 e. The van der Waals surface area contributed by atoms with Gasteiger partial charge in [0.15, 0.2) is 11.5 Å². The molecule has 0 radical (unpaired) electrons. The van der Waals surface area contributed by atoms with Crippen molar-refractivity contribution in [2.45, 2.75) is 20.4 Å². The molecule has 146 valence electrons. The number of pyridine rings is 1. The number of carbonyl (C=O) groups is 1. The van der Waals surface area contributed by atoms with Crippen LogP contribution < -0.4 is 10.1 Å². The minimum absolute atomic E-state index is 0.163. The second kappa shape index (κ2) is 8.75. The summed E-state index contributed by atoms with van der Waals surface area (Å²) < 4.78 is 11.8. The number of benzene rings is 1. The molecule has 3 rings (SSSR count). The van der Waals surface area contributed by atoms with Gasteiger partial charge < -0.3 is 14.8 Å². The second-order valence-corrected chi connectivity index (χ2v) is 6.33. The molecule has 0 saturated heterocycles. The first kappa shape index (κ1) is 19.7. The Labute approximate surface area is 168 Å². The van der Waals surface area contributed by atoms with E-state index < -0.39 is 5.97 Å². The van der Waals surface area contributed by atoms with E-state index in [1.807, 2.05) is 43.3 Å². The monoisotopic (exact) mass is 400 g/mol. The molecular weight excluding hydrogens is 380 g/mol. The van der Waals surface area contributed by atoms with E-state index in [0.29, 0.717) is 23.1 Å². The Morgan fingerprint density at radius 1 is 1.21 bits per heavy atom. The predicted octanol–water partition coefficient (Wildman–Crippen LogP) is 4.03. The highest BCUT2D eigenvalue weighted by atomic mass is 35.5. The van der Waals surface area contributed by atoms with Gasteiger partial charge in [0, 0.05) is 23.5 Å². The summed E-state index contributed by atoms with van der Waals surface area (Å²) in [7, 11) is 1.61. The first-order chi connectivity index (χ1) is 13.5. The Kier molecular flexibility index (Phi) is 6.16. The molecule has 28 heavy (non-hydrogen) atoms. The van der Waals surface area contributed by atoms with Crippen LogP contribution in [0.2, 0.25) is 5.15 Å². The Bertz CT molecular complexity index is 970. The van der Waals surface area contributed by atoms with E-state index in [4.69, 9.17) is 21.1 Å². The third-order valence-corrected chi connectivity index (χ3v) is 4.43. The van der Waals surface area contributed by atoms with Gasteiger partial charge in [-0.3, -0.25) is 0 Å². The lowest BCUT2D eigenvalue weighted by Crippen LogP contribution is -2.10. The van der Waals surface area contributed by atoms with Crippen molar-refractivity contribution in [3.63, 3.8) is 0 Å². The van der Waals surface area contributed by atoms with Crippen molar-refractivity contribution in [3.05, 3.63) is 64.6 Å². The number of aryl methyl sites for hydroxylation is 1. The van der Waals surface area contributed by atoms with Crippen LogP contribution in [0.5, 0.6) is 5.75 Å². The van der Waals surface area contributed by atoms with Crippen molar-refractivity contribution < 1.29 is 14.3 Å². The van der Waals surface area contributed by atoms with Gasteiger partial charge in [0.1, 0.15) is 10.9 Å². The van der Waals surface area contributed by atoms with Crippen molar-refractivity contribution in [1.82, 2.24) is 14.8 Å². The summed E-state index contributed by atoms with van der Waals surface area (Å²) in [6, 6.07) is 13.0. The first-order valence-electron chi connectivity index (χ1n) is 8.80. The average Bonchev–Trinajstić information content (AvgIpc) is 3.03. The molecule has 0 bridgehead atoms. The van der Waals surface area contributed by atoms with E-state index >= 15 is 0 Å². The average molecular weight is 401 g/mol. The fraction of sp³-hybridized carbons (Fsp3) is 0.250. The summed E-state index contributed by atoms with van der Waals surface area (Å²) in [5.41, 5.74) is 2.38. The number of halogens is 1. The zero-order chi connectivity index (χ0) is 20.1. The highest BCUT2D eigenvalue weighted by Gasteiger charge is 2.24. The number of nitrogens with zero attached hydrogens (tertiary/aromatic N) is 3. The molecule has 8 heteroatoms. The predicted molar refractivity (Wildman–Crippen MR) is 107 cm³/mol. The molecule has 0 unspecified atom stereocenters. The zero-order valence-electron chi connectivity index (χ0n) is 15.9. The van der Waals surface area contributed by atoms with Crippen LogP contribution in [0.1, 0.15) is 28.7 Å². The van der Waals surface area contributed by atoms with Gasteiger partial charge in [-0.05, 0) is 50.2 Å². The minimum atomic E-state index is -0.526. The Balaban J connectivity index is 1.93. The van der Waals surface area contributed by atoms with Gasteiger partial charge in [0.25, 0.3) is 0 Å². The van der Waals surface area contributed by atoms with Crippen molar-refractivity contribution in [2.24, 2.45) is 0 Å². The number of rotatable bonds is 7. The van der Waals surface area contributed by atoms with E-state index in [9.17, 15) is 4.79 Å². The van der Waals surface area contributed by atoms with Gasteiger partial charge in [-0.15, -0.1) is 0 Å². The SMILES string of the molecule is CCOC(=O)c1nn(-c2cccc(C)n2)c(Cl)c1CNc1ccc(OC)cc1. The highest BCUT2D eigenvalue weighted by Crippen LogP contribution is 2.25. The number of methoxy groups -OCH3 is 1. The molecule has 0 saturated carbocycles. The van der Waals surface area contributed by atoms with Gasteiger partial charge in [-0.2, -0.15) is 5.10 Å². The van der Waals surface area contributed by atoms with Crippen LogP contribution in [0.4, 0.5) is 5.69 Å². The Morgan fingerprint density at radius 3 is 2.61 bits per heavy atom. The fourth-order valence-electron chi connectivity index (χ4n) is 2.65. The number of hydrogen-bond donors (Lipinski definition) is 1. The maximum Gasteiger partial charge on any atom is 0.359 e. The third kappa shape index (κ3) is 4.26. The van der Waals surface area contributed by atoms with Crippen molar-refractivity contribution in [3.8, 4) is 11.6 Å². The molecule has 1 aromatic carbocycles. The van der Waals surface area contributed by atoms with Crippen LogP contribution in [0, 0.1) is 6.92 Å². The number of nitrogens with one attached hydrogen (secondary N) is 1. The molecular formula is C20H21ClN4O3. The number of anilines is 1. The zero-order valence-corrected chi connectivity index (χ0v) is 16.7. The quantitative estimate of drug-likeness (QED) is 0.603. The molecule has 0 spiro atoms. The number of esters is 1. The lowest BCUT2D eigenvalue weighted by atomic mass is 10.2. The number of aromatic nitrogens is 3. The van der Waals surface area contributed by atoms with Crippen molar-refractivity contribution in [2.75, 3.05) is 19.0 Å². The maximum absolute atomic E-state index is 12.4. The molecule has 7 nitrogen and oxygen atoms in total. The summed E-state index contributed by atoms with van der Waals surface area (Å²) >= 11 is 6.57. The summed E-state index contributed by atoms with van der Waals surface area (Å²) in [4.78, 5) is 16.8. The van der Waals surface area contributed by atoms with Crippen molar-refractivity contribution in [1.29, 1.82) is 0 Å². The summed E-state index contributed by atoms with van der Waals surface area (Å²) in [5.74, 6) is 0.766. The topological polar surface area (TPSA) is 78.3 Å². The van der Waals surface area contributed by atoms with Gasteiger partial charge in [0.2, 0.25) is 0 Å². The van der Waals surface area contributed by atoms with Crippen LogP contribution >= 0.6 is 11.6 Å². The van der Waals surface area contributed by atoms with E-state index in [-0.39, 0.29) is 12.3 Å². The minimum Gasteiger partial charge on any atom is -0.497 e. The van der Waals surface area contributed by atoms with E-state index in [2.05, 4.69) is 15.4 Å². The van der Waals surface area contributed by atoms with Gasteiger partial charge >= 0.3 is 5.97 Å². The Morgan fingerprint density at radius 2 is 1.96 bits per heavy atom. The molecule has 3 aromatic rings. The lowest BCUT2D eigenvalue weighted by Gasteiger charge is -2.08. The van der Waals surface area contributed by atoms with Crippen LogP contribution in [-0.2, 0) is 11.3 Å². The summed E-state index contributed by atoms with van der Waals surface area (Å²) in [5, 5.41) is 7.92. The van der Waals surface area contributed by atoms with Gasteiger partial charge in [-0.25, -0.2) is 14.5 Å². The third-order valence-electron chi connectivity index (χ3n) is 4.04.